The Kier molecular flexibility index (Phi) is 5.40. The van der Waals surface area contributed by atoms with E-state index in [1.807, 2.05) is 30.3 Å². The monoisotopic (exact) mass is 436 g/mol. The summed E-state index contributed by atoms with van der Waals surface area (Å²) in [5.74, 6) is 1.46. The largest absolute Gasteiger partial charge is 0.497 e. The predicted octanol–water partition coefficient (Wildman–Crippen LogP) is 3.88. The molecule has 5 rings (SSSR count). The molecule has 3 aromatic rings. The van der Waals surface area contributed by atoms with Crippen LogP contribution < -0.4 is 9.47 Å². The smallest absolute Gasteiger partial charge is 0.129 e. The van der Waals surface area contributed by atoms with Crippen molar-refractivity contribution >= 4 is 10.9 Å². The molecule has 1 fully saturated rings. The Hall–Kier alpha value is -2.54. The van der Waals surface area contributed by atoms with Crippen molar-refractivity contribution in [2.45, 2.75) is 44.0 Å². The second-order valence-electron chi connectivity index (χ2n) is 9.30. The standard InChI is InChI=1S/C26H32N2O4/c1-17-25(19-6-4-5-7-21(19)27(17)2)23(30)16-28-12-10-26(11-13-28)15-22(29)20-9-8-18(31-3)14-24(20)32-26/h4-9,14,22-23,29-30H,10-13,15-16H2,1-3H3/t22-,23+/m0/s1. The number of aromatic nitrogens is 1. The van der Waals surface area contributed by atoms with Gasteiger partial charge in [0.2, 0.25) is 0 Å². The second kappa shape index (κ2) is 8.10. The molecule has 1 aromatic heterocycles. The Morgan fingerprint density at radius 3 is 2.69 bits per heavy atom. The molecule has 3 heterocycles. The van der Waals surface area contributed by atoms with E-state index in [4.69, 9.17) is 9.47 Å². The van der Waals surface area contributed by atoms with Crippen molar-refractivity contribution in [3.05, 3.63) is 59.3 Å². The molecule has 2 aliphatic rings. The summed E-state index contributed by atoms with van der Waals surface area (Å²) >= 11 is 0. The first-order valence-corrected chi connectivity index (χ1v) is 11.4. The molecule has 1 spiro atoms. The summed E-state index contributed by atoms with van der Waals surface area (Å²) in [5, 5.41) is 23.0. The van der Waals surface area contributed by atoms with Crippen LogP contribution in [0.4, 0.5) is 0 Å². The number of fused-ring (bicyclic) bond motifs is 2. The van der Waals surface area contributed by atoms with Crippen molar-refractivity contribution in [2.75, 3.05) is 26.7 Å². The number of β-amino-alcohol motifs (C(OH)–C–C–N with tert-alkyl or cyclic N) is 1. The Balaban J connectivity index is 1.29. The molecular formula is C26H32N2O4. The summed E-state index contributed by atoms with van der Waals surface area (Å²) in [7, 11) is 3.69. The van der Waals surface area contributed by atoms with Gasteiger partial charge in [0.15, 0.2) is 0 Å². The van der Waals surface area contributed by atoms with Crippen LogP contribution in [-0.4, -0.2) is 52.0 Å². The number of nitrogens with zero attached hydrogens (tertiary/aromatic N) is 2. The minimum Gasteiger partial charge on any atom is -0.497 e. The van der Waals surface area contributed by atoms with Crippen LogP contribution in [0.2, 0.25) is 0 Å². The molecular weight excluding hydrogens is 404 g/mol. The number of likely N-dealkylation sites (tertiary alicyclic amines) is 1. The highest BCUT2D eigenvalue weighted by molar-refractivity contribution is 5.85. The van der Waals surface area contributed by atoms with Gasteiger partial charge in [0.25, 0.3) is 0 Å². The molecule has 170 valence electrons. The number of ether oxygens (including phenoxy) is 2. The summed E-state index contributed by atoms with van der Waals surface area (Å²) in [6.45, 7) is 4.32. The fourth-order valence-corrected chi connectivity index (χ4v) is 5.50. The maximum absolute atomic E-state index is 11.2. The first-order chi connectivity index (χ1) is 15.4. The zero-order valence-corrected chi connectivity index (χ0v) is 19.0. The van der Waals surface area contributed by atoms with Gasteiger partial charge >= 0.3 is 0 Å². The minimum atomic E-state index is -0.544. The SMILES string of the molecule is COc1ccc2c(c1)OC1(CCN(C[C@@H](O)c3c(C)n(C)c4ccccc34)CC1)C[C@@H]2O. The van der Waals surface area contributed by atoms with Crippen LogP contribution in [0.3, 0.4) is 0 Å². The van der Waals surface area contributed by atoms with Crippen LogP contribution in [-0.2, 0) is 7.05 Å². The molecule has 2 aromatic carbocycles. The molecule has 0 bridgehead atoms. The first-order valence-electron chi connectivity index (χ1n) is 11.4. The maximum Gasteiger partial charge on any atom is 0.129 e. The number of rotatable bonds is 4. The number of piperidine rings is 1. The van der Waals surface area contributed by atoms with E-state index in [0.29, 0.717) is 13.0 Å². The van der Waals surface area contributed by atoms with Gasteiger partial charge in [0, 0.05) is 66.9 Å². The Bertz CT molecular complexity index is 1130. The zero-order chi connectivity index (χ0) is 22.5. The van der Waals surface area contributed by atoms with Crippen molar-refractivity contribution in [2.24, 2.45) is 7.05 Å². The fraction of sp³-hybridized carbons (Fsp3) is 0.462. The molecule has 2 N–H and O–H groups in total. The van der Waals surface area contributed by atoms with E-state index in [9.17, 15) is 10.2 Å². The number of benzene rings is 2. The van der Waals surface area contributed by atoms with Gasteiger partial charge in [0.05, 0.1) is 19.3 Å². The van der Waals surface area contributed by atoms with Crippen LogP contribution in [0.25, 0.3) is 10.9 Å². The summed E-state index contributed by atoms with van der Waals surface area (Å²) < 4.78 is 14.0. The van der Waals surface area contributed by atoms with E-state index >= 15 is 0 Å². The summed E-state index contributed by atoms with van der Waals surface area (Å²) in [5.41, 5.74) is 3.75. The molecule has 0 unspecified atom stereocenters. The topological polar surface area (TPSA) is 67.1 Å². The van der Waals surface area contributed by atoms with Crippen LogP contribution in [0.1, 0.15) is 48.3 Å². The second-order valence-corrected chi connectivity index (χ2v) is 9.30. The lowest BCUT2D eigenvalue weighted by atomic mass is 9.81. The molecule has 2 atom stereocenters. The average Bonchev–Trinajstić information content (AvgIpc) is 3.05. The third-order valence-corrected chi connectivity index (χ3v) is 7.45. The normalized spacial score (nSPS) is 21.3. The third-order valence-electron chi connectivity index (χ3n) is 7.45. The molecule has 2 aliphatic heterocycles. The Morgan fingerprint density at radius 2 is 1.94 bits per heavy atom. The average molecular weight is 437 g/mol. The Morgan fingerprint density at radius 1 is 1.19 bits per heavy atom. The number of methoxy groups -OCH3 is 1. The lowest BCUT2D eigenvalue weighted by Crippen LogP contribution is -2.51. The van der Waals surface area contributed by atoms with Crippen molar-refractivity contribution in [3.63, 3.8) is 0 Å². The van der Waals surface area contributed by atoms with Gasteiger partial charge in [0.1, 0.15) is 17.1 Å². The van der Waals surface area contributed by atoms with Crippen molar-refractivity contribution in [3.8, 4) is 11.5 Å². The lowest BCUT2D eigenvalue weighted by molar-refractivity contribution is -0.0588. The number of aryl methyl sites for hydroxylation is 1. The van der Waals surface area contributed by atoms with Gasteiger partial charge in [-0.1, -0.05) is 18.2 Å². The number of hydrogen-bond acceptors (Lipinski definition) is 5. The summed E-state index contributed by atoms with van der Waals surface area (Å²) in [6.07, 6.45) is 1.17. The van der Waals surface area contributed by atoms with Gasteiger partial charge in [-0.25, -0.2) is 0 Å². The van der Waals surface area contributed by atoms with Crippen LogP contribution in [0.15, 0.2) is 42.5 Å². The van der Waals surface area contributed by atoms with Crippen LogP contribution in [0, 0.1) is 6.92 Å². The Labute approximate surface area is 189 Å². The van der Waals surface area contributed by atoms with Crippen LogP contribution >= 0.6 is 0 Å². The highest BCUT2D eigenvalue weighted by atomic mass is 16.5. The molecule has 32 heavy (non-hydrogen) atoms. The van der Waals surface area contributed by atoms with E-state index in [-0.39, 0.29) is 5.60 Å². The van der Waals surface area contributed by atoms with E-state index in [2.05, 4.69) is 35.6 Å². The van der Waals surface area contributed by atoms with Gasteiger partial charge < -0.3 is 29.2 Å². The lowest BCUT2D eigenvalue weighted by Gasteiger charge is -2.46. The van der Waals surface area contributed by atoms with Gasteiger partial charge in [-0.2, -0.15) is 0 Å². The molecule has 6 nitrogen and oxygen atoms in total. The minimum absolute atomic E-state index is 0.365. The number of aliphatic hydroxyl groups is 2. The van der Waals surface area contributed by atoms with E-state index in [1.54, 1.807) is 7.11 Å². The highest BCUT2D eigenvalue weighted by Gasteiger charge is 2.43. The van der Waals surface area contributed by atoms with Crippen molar-refractivity contribution in [1.29, 1.82) is 0 Å². The number of hydrogen-bond donors (Lipinski definition) is 2. The van der Waals surface area contributed by atoms with Crippen LogP contribution in [0.5, 0.6) is 11.5 Å². The third kappa shape index (κ3) is 3.56. The molecule has 0 amide bonds. The van der Waals surface area contributed by atoms with Crippen molar-refractivity contribution < 1.29 is 19.7 Å². The quantitative estimate of drug-likeness (QED) is 0.650. The molecule has 0 radical (unpaired) electrons. The van der Waals surface area contributed by atoms with E-state index in [1.165, 1.54) is 0 Å². The predicted molar refractivity (Wildman–Crippen MR) is 124 cm³/mol. The summed E-state index contributed by atoms with van der Waals surface area (Å²) in [6, 6.07) is 13.9. The van der Waals surface area contributed by atoms with Gasteiger partial charge in [-0.15, -0.1) is 0 Å². The zero-order valence-electron chi connectivity index (χ0n) is 19.0. The highest BCUT2D eigenvalue weighted by Crippen LogP contribution is 2.45. The van der Waals surface area contributed by atoms with E-state index in [0.717, 1.165) is 65.2 Å². The molecule has 0 saturated carbocycles. The summed E-state index contributed by atoms with van der Waals surface area (Å²) in [4.78, 5) is 2.31. The number of aliphatic hydroxyl groups excluding tert-OH is 2. The van der Waals surface area contributed by atoms with E-state index < -0.39 is 12.2 Å². The number of para-hydroxylation sites is 1. The van der Waals surface area contributed by atoms with Gasteiger partial charge in [-0.05, 0) is 38.0 Å². The first kappa shape index (κ1) is 21.3. The molecule has 0 aliphatic carbocycles. The fourth-order valence-electron chi connectivity index (χ4n) is 5.50. The maximum atomic E-state index is 11.2. The molecule has 1 saturated heterocycles. The van der Waals surface area contributed by atoms with Crippen molar-refractivity contribution in [1.82, 2.24) is 9.47 Å². The van der Waals surface area contributed by atoms with Gasteiger partial charge in [-0.3, -0.25) is 0 Å². The molecule has 6 heteroatoms.